The molecule has 0 amide bonds. The average molecular weight is 920 g/mol. The van der Waals surface area contributed by atoms with E-state index in [0.29, 0.717) is 29.4 Å². The summed E-state index contributed by atoms with van der Waals surface area (Å²) in [6.45, 7) is 2.69. The summed E-state index contributed by atoms with van der Waals surface area (Å²) in [7, 11) is 1.37. The molecule has 5 aromatic carbocycles. The van der Waals surface area contributed by atoms with Crippen molar-refractivity contribution >= 4 is 21.5 Å². The van der Waals surface area contributed by atoms with Gasteiger partial charge in [0.25, 0.3) is 22.2 Å². The van der Waals surface area contributed by atoms with Gasteiger partial charge in [-0.15, -0.1) is 23.6 Å². The van der Waals surface area contributed by atoms with E-state index in [-0.39, 0.29) is 141 Å². The Bertz CT molecular complexity index is 2430. The molecule has 2 aromatic heterocycles. The van der Waals surface area contributed by atoms with Gasteiger partial charge in [0.1, 0.15) is 13.2 Å². The molecule has 257 valence electrons. The first-order valence-electron chi connectivity index (χ1n) is 15.1. The number of hydrogen-bond acceptors (Lipinski definition) is 6. The van der Waals surface area contributed by atoms with Crippen LogP contribution in [0.3, 0.4) is 0 Å². The van der Waals surface area contributed by atoms with Gasteiger partial charge >= 0.3 is 0 Å². The van der Waals surface area contributed by atoms with Crippen molar-refractivity contribution in [3.05, 3.63) is 185 Å². The van der Waals surface area contributed by atoms with Crippen molar-refractivity contribution in [2.24, 2.45) is 7.05 Å². The van der Waals surface area contributed by atoms with Gasteiger partial charge in [-0.1, -0.05) is 99.3 Å². The molecular weight excluding hydrogens is 883 g/mol. The summed E-state index contributed by atoms with van der Waals surface area (Å²) < 4.78 is 14.3. The maximum absolute atomic E-state index is 13.7. The predicted molar refractivity (Wildman–Crippen MR) is 196 cm³/mol. The normalized spacial score (nSPS) is 10.2. The van der Waals surface area contributed by atoms with Gasteiger partial charge in [-0.05, 0) is 42.3 Å². The molecular formula is C41H37N2O6Y3-. The number of rotatable bonds is 9. The molecule has 0 aliphatic rings. The van der Waals surface area contributed by atoms with Crippen LogP contribution in [0.1, 0.15) is 42.7 Å². The van der Waals surface area contributed by atoms with Crippen molar-refractivity contribution < 1.29 is 108 Å². The van der Waals surface area contributed by atoms with E-state index >= 15 is 0 Å². The molecule has 11 heteroatoms. The molecule has 0 saturated heterocycles. The van der Waals surface area contributed by atoms with Gasteiger partial charge < -0.3 is 9.47 Å². The minimum atomic E-state index is -0.582. The van der Waals surface area contributed by atoms with Crippen LogP contribution in [-0.2, 0) is 118 Å². The van der Waals surface area contributed by atoms with Crippen LogP contribution in [0.4, 0.5) is 0 Å². The molecule has 0 atom stereocenters. The molecule has 0 fully saturated rings. The van der Waals surface area contributed by atoms with Gasteiger partial charge in [-0.3, -0.25) is 23.7 Å². The van der Waals surface area contributed by atoms with Crippen LogP contribution in [0.2, 0.25) is 0 Å². The summed E-state index contributed by atoms with van der Waals surface area (Å²) >= 11 is 0. The van der Waals surface area contributed by atoms with Gasteiger partial charge in [0.15, 0.2) is 0 Å². The third kappa shape index (κ3) is 9.44. The van der Waals surface area contributed by atoms with E-state index in [4.69, 9.17) is 9.47 Å². The maximum atomic E-state index is 13.7. The van der Waals surface area contributed by atoms with E-state index in [1.165, 1.54) is 19.2 Å². The third-order valence-corrected chi connectivity index (χ3v) is 8.17. The number of ether oxygens (including phenoxy) is 2. The number of hydrogen-bond donors (Lipinski definition) is 0. The number of fused-ring (bicyclic) bond motifs is 2. The van der Waals surface area contributed by atoms with Crippen LogP contribution in [0.25, 0.3) is 27.2 Å². The van der Waals surface area contributed by atoms with Crippen LogP contribution in [0, 0.1) is 13.3 Å². The predicted octanol–water partition coefficient (Wildman–Crippen LogP) is 6.77. The Morgan fingerprint density at radius 1 is 0.538 bits per heavy atom. The van der Waals surface area contributed by atoms with Crippen molar-refractivity contribution in [1.82, 2.24) is 9.13 Å². The van der Waals surface area contributed by atoms with E-state index in [1.807, 2.05) is 98.3 Å². The standard InChI is InChI=1S/C39H29N2O6.2CH4.3Y/c1-24-13-27(17-30(14-24)46-22-25-9-5-3-6-10-25)15-28-16-29(19-31(18-28)47-23-26-11-7-4-8-12-26)41-38(44)34-20-32-33(21-35(34)39(41)45)37(43)40(2)36(32)42;;;;;/h3-21H,22-23H2,1-2H3;2*1H4;;;/q-1;;;;;. The fourth-order valence-corrected chi connectivity index (χ4v) is 5.85. The Balaban J connectivity index is 0.00000187. The van der Waals surface area contributed by atoms with Gasteiger partial charge in [-0.2, -0.15) is 0 Å². The molecule has 0 aliphatic heterocycles. The zero-order valence-electron chi connectivity index (χ0n) is 27.5. The van der Waals surface area contributed by atoms with Gasteiger partial charge in [0.05, 0.1) is 33.0 Å². The molecule has 0 unspecified atom stereocenters. The number of aryl methyl sites for hydroxylation is 1. The van der Waals surface area contributed by atoms with Crippen LogP contribution in [-0.4, -0.2) is 9.13 Å². The second-order valence-corrected chi connectivity index (χ2v) is 11.6. The minimum absolute atomic E-state index is 0. The van der Waals surface area contributed by atoms with E-state index < -0.39 is 22.2 Å². The monoisotopic (exact) mass is 920 g/mol. The van der Waals surface area contributed by atoms with Crippen LogP contribution < -0.4 is 31.7 Å². The molecule has 2 heterocycles. The molecule has 0 saturated carbocycles. The Kier molecular flexibility index (Phi) is 17.0. The molecule has 8 nitrogen and oxygen atoms in total. The first kappa shape index (κ1) is 45.3. The molecule has 0 N–H and O–H groups in total. The molecule has 0 aliphatic carbocycles. The minimum Gasteiger partial charge on any atom is -0.497 e. The largest absolute Gasteiger partial charge is 0.497 e. The van der Waals surface area contributed by atoms with Crippen molar-refractivity contribution in [2.75, 3.05) is 0 Å². The molecule has 52 heavy (non-hydrogen) atoms. The van der Waals surface area contributed by atoms with Gasteiger partial charge in [0.2, 0.25) is 0 Å². The van der Waals surface area contributed by atoms with Crippen LogP contribution >= 0.6 is 0 Å². The van der Waals surface area contributed by atoms with Crippen molar-refractivity contribution in [2.45, 2.75) is 35.0 Å². The van der Waals surface area contributed by atoms with Crippen molar-refractivity contribution in [3.8, 4) is 17.2 Å². The van der Waals surface area contributed by atoms with Gasteiger partial charge in [-0.25, -0.2) is 4.57 Å². The van der Waals surface area contributed by atoms with Crippen LogP contribution in [0.15, 0.2) is 128 Å². The van der Waals surface area contributed by atoms with Gasteiger partial charge in [0, 0.05) is 111 Å². The first-order chi connectivity index (χ1) is 22.7. The summed E-state index contributed by atoms with van der Waals surface area (Å²) in [5.74, 6) is 1.16. The second kappa shape index (κ2) is 19.5. The van der Waals surface area contributed by atoms with Crippen molar-refractivity contribution in [1.29, 1.82) is 0 Å². The Morgan fingerprint density at radius 3 is 1.44 bits per heavy atom. The SMILES string of the molecule is C.C.Cc1cc([CH-]c2cc(OCc3ccccc3)cc(-n3c(=O)c4cc5c(=O)n(C)c(=O)c5cc4c3=O)c2)cc(OCc2ccccc2)c1.[Y].[Y].[Y]. The summed E-state index contributed by atoms with van der Waals surface area (Å²) in [6.07, 6.45) is 1.93. The summed E-state index contributed by atoms with van der Waals surface area (Å²) in [4.78, 5) is 52.7. The molecule has 0 spiro atoms. The number of nitrogens with zero attached hydrogens (tertiary/aromatic N) is 2. The number of aromatic nitrogens is 2. The molecule has 0 bridgehead atoms. The summed E-state index contributed by atoms with van der Waals surface area (Å²) in [5.41, 5.74) is 2.68. The van der Waals surface area contributed by atoms with E-state index in [0.717, 1.165) is 31.4 Å². The smallest absolute Gasteiger partial charge is 0.265 e. The molecule has 7 rings (SSSR count). The first-order valence-corrected chi connectivity index (χ1v) is 15.1. The number of benzene rings is 5. The maximum Gasteiger partial charge on any atom is 0.265 e. The summed E-state index contributed by atoms with van der Waals surface area (Å²) in [6, 6.07) is 33.4. The Morgan fingerprint density at radius 2 is 0.962 bits per heavy atom. The zero-order valence-corrected chi connectivity index (χ0v) is 36.0. The second-order valence-electron chi connectivity index (χ2n) is 11.6. The van der Waals surface area contributed by atoms with E-state index in [1.54, 1.807) is 12.1 Å². The third-order valence-electron chi connectivity index (χ3n) is 8.17. The quantitative estimate of drug-likeness (QED) is 0.149. The van der Waals surface area contributed by atoms with Crippen LogP contribution in [0.5, 0.6) is 11.5 Å². The van der Waals surface area contributed by atoms with Crippen molar-refractivity contribution in [3.63, 3.8) is 0 Å². The fourth-order valence-electron chi connectivity index (χ4n) is 5.85. The topological polar surface area (TPSA) is 96.6 Å². The Labute approximate surface area is 377 Å². The average Bonchev–Trinajstić information content (AvgIpc) is 3.45. The fraction of sp³-hybridized carbons (Fsp3) is 0.146. The molecule has 7 aromatic rings. The Hall–Kier alpha value is -2.84. The van der Waals surface area contributed by atoms with E-state index in [9.17, 15) is 19.2 Å². The summed E-state index contributed by atoms with van der Waals surface area (Å²) in [5, 5.41) is 0.367. The molecule has 3 radical (unpaired) electrons. The van der Waals surface area contributed by atoms with E-state index in [2.05, 4.69) is 0 Å². The zero-order chi connectivity index (χ0) is 32.7.